The van der Waals surface area contributed by atoms with Crippen LogP contribution in [-0.4, -0.2) is 23.9 Å². The summed E-state index contributed by atoms with van der Waals surface area (Å²) in [6, 6.07) is 8.78. The first-order valence-electron chi connectivity index (χ1n) is 7.62. The van der Waals surface area contributed by atoms with Gasteiger partial charge in [0.15, 0.2) is 0 Å². The van der Waals surface area contributed by atoms with Crippen molar-refractivity contribution in [2.75, 3.05) is 12.4 Å². The first kappa shape index (κ1) is 14.9. The average Bonchev–Trinajstić information content (AvgIpc) is 2.36. The minimum atomic E-state index is 0.0994. The first-order valence-corrected chi connectivity index (χ1v) is 7.62. The zero-order valence-corrected chi connectivity index (χ0v) is 12.9. The van der Waals surface area contributed by atoms with Crippen LogP contribution < -0.4 is 5.32 Å². The molecule has 0 spiro atoms. The minimum Gasteiger partial charge on any atom is -0.382 e. The van der Waals surface area contributed by atoms with Gasteiger partial charge < -0.3 is 10.2 Å². The number of carbonyl (C=O) groups excluding carboxylic acids is 1. The lowest BCUT2D eigenvalue weighted by atomic mass is 9.81. The fourth-order valence-corrected chi connectivity index (χ4v) is 2.72. The van der Waals surface area contributed by atoms with Crippen molar-refractivity contribution in [2.24, 2.45) is 5.92 Å². The molecular formula is C17H26N2O. The van der Waals surface area contributed by atoms with Crippen LogP contribution in [0.4, 0.5) is 5.69 Å². The summed E-state index contributed by atoms with van der Waals surface area (Å²) < 4.78 is 0. The monoisotopic (exact) mass is 274 g/mol. The molecule has 1 aliphatic carbocycles. The maximum atomic E-state index is 11.4. The Morgan fingerprint density at radius 2 is 2.10 bits per heavy atom. The lowest BCUT2D eigenvalue weighted by molar-refractivity contribution is -0.128. The standard InChI is InChI=1S/C17H26N2O/c1-13(11-15-7-6-8-15)18-17-10-5-4-9-16(17)12-19(3)14(2)20/h4-5,9-10,13,15,18H,6-8,11-12H2,1-3H3. The van der Waals surface area contributed by atoms with Crippen molar-refractivity contribution in [3.63, 3.8) is 0 Å². The minimum absolute atomic E-state index is 0.0994. The number of hydrogen-bond acceptors (Lipinski definition) is 2. The van der Waals surface area contributed by atoms with E-state index in [2.05, 4.69) is 30.4 Å². The Kier molecular flexibility index (Phi) is 5.05. The van der Waals surface area contributed by atoms with E-state index >= 15 is 0 Å². The molecule has 0 radical (unpaired) electrons. The van der Waals surface area contributed by atoms with Gasteiger partial charge in [-0.05, 0) is 30.9 Å². The third kappa shape index (κ3) is 3.99. The first-order chi connectivity index (χ1) is 9.56. The Balaban J connectivity index is 1.97. The van der Waals surface area contributed by atoms with Crippen molar-refractivity contribution in [2.45, 2.75) is 52.1 Å². The van der Waals surface area contributed by atoms with Gasteiger partial charge in [0.05, 0.1) is 0 Å². The molecule has 0 aromatic heterocycles. The molecule has 1 atom stereocenters. The summed E-state index contributed by atoms with van der Waals surface area (Å²) in [5.74, 6) is 1.01. The van der Waals surface area contributed by atoms with Crippen LogP contribution in [-0.2, 0) is 11.3 Å². The van der Waals surface area contributed by atoms with Crippen molar-refractivity contribution in [3.05, 3.63) is 29.8 Å². The summed E-state index contributed by atoms with van der Waals surface area (Å²) in [6.07, 6.45) is 5.43. The van der Waals surface area contributed by atoms with E-state index in [1.54, 1.807) is 11.8 Å². The van der Waals surface area contributed by atoms with Crippen LogP contribution in [0.5, 0.6) is 0 Å². The van der Waals surface area contributed by atoms with Gasteiger partial charge in [0, 0.05) is 32.2 Å². The third-order valence-electron chi connectivity index (χ3n) is 4.28. The lowest BCUT2D eigenvalue weighted by Crippen LogP contribution is -2.26. The fraction of sp³-hybridized carbons (Fsp3) is 0.588. The van der Waals surface area contributed by atoms with Crippen LogP contribution in [0.15, 0.2) is 24.3 Å². The summed E-state index contributed by atoms with van der Waals surface area (Å²) >= 11 is 0. The van der Waals surface area contributed by atoms with Crippen molar-refractivity contribution in [1.82, 2.24) is 4.90 Å². The van der Waals surface area contributed by atoms with E-state index in [1.165, 1.54) is 31.2 Å². The Bertz CT molecular complexity index is 454. The van der Waals surface area contributed by atoms with Crippen molar-refractivity contribution in [1.29, 1.82) is 0 Å². The molecule has 0 aliphatic heterocycles. The SMILES string of the molecule is CC(=O)N(C)Cc1ccccc1NC(C)CC1CCC1. The summed E-state index contributed by atoms with van der Waals surface area (Å²) in [7, 11) is 1.84. The second-order valence-electron chi connectivity index (χ2n) is 6.11. The quantitative estimate of drug-likeness (QED) is 0.858. The Labute approximate surface area is 122 Å². The van der Waals surface area contributed by atoms with Crippen LogP contribution in [0.25, 0.3) is 0 Å². The molecule has 0 saturated heterocycles. The molecule has 1 unspecified atom stereocenters. The van der Waals surface area contributed by atoms with E-state index in [0.717, 1.165) is 11.6 Å². The highest BCUT2D eigenvalue weighted by atomic mass is 16.2. The molecule has 2 rings (SSSR count). The summed E-state index contributed by atoms with van der Waals surface area (Å²) in [6.45, 7) is 4.52. The number of hydrogen-bond donors (Lipinski definition) is 1. The Morgan fingerprint density at radius 3 is 2.70 bits per heavy atom. The molecule has 1 amide bonds. The summed E-state index contributed by atoms with van der Waals surface area (Å²) in [5.41, 5.74) is 2.35. The molecule has 3 heteroatoms. The smallest absolute Gasteiger partial charge is 0.219 e. The zero-order valence-electron chi connectivity index (χ0n) is 12.9. The third-order valence-corrected chi connectivity index (χ3v) is 4.28. The predicted molar refractivity (Wildman–Crippen MR) is 83.6 cm³/mol. The summed E-state index contributed by atoms with van der Waals surface area (Å²) in [5, 5.41) is 3.62. The summed E-state index contributed by atoms with van der Waals surface area (Å²) in [4.78, 5) is 13.1. The van der Waals surface area contributed by atoms with Gasteiger partial charge in [-0.15, -0.1) is 0 Å². The highest BCUT2D eigenvalue weighted by Crippen LogP contribution is 2.31. The van der Waals surface area contributed by atoms with Gasteiger partial charge in [-0.3, -0.25) is 4.79 Å². The second kappa shape index (κ2) is 6.78. The van der Waals surface area contributed by atoms with Crippen molar-refractivity contribution >= 4 is 11.6 Å². The fourth-order valence-electron chi connectivity index (χ4n) is 2.72. The van der Waals surface area contributed by atoms with Crippen LogP contribution in [0, 0.1) is 5.92 Å². The topological polar surface area (TPSA) is 32.3 Å². The lowest BCUT2D eigenvalue weighted by Gasteiger charge is -2.29. The van der Waals surface area contributed by atoms with Crippen LogP contribution in [0.2, 0.25) is 0 Å². The van der Waals surface area contributed by atoms with Crippen LogP contribution >= 0.6 is 0 Å². The van der Waals surface area contributed by atoms with E-state index in [0.29, 0.717) is 12.6 Å². The van der Waals surface area contributed by atoms with Gasteiger partial charge in [-0.1, -0.05) is 37.5 Å². The number of nitrogens with one attached hydrogen (secondary N) is 1. The number of anilines is 1. The highest BCUT2D eigenvalue weighted by molar-refractivity contribution is 5.73. The number of nitrogens with zero attached hydrogens (tertiary/aromatic N) is 1. The zero-order chi connectivity index (χ0) is 14.5. The van der Waals surface area contributed by atoms with Crippen molar-refractivity contribution < 1.29 is 4.79 Å². The van der Waals surface area contributed by atoms with E-state index in [9.17, 15) is 4.79 Å². The molecule has 1 aliphatic rings. The van der Waals surface area contributed by atoms with Crippen molar-refractivity contribution in [3.8, 4) is 0 Å². The van der Waals surface area contributed by atoms with Crippen LogP contribution in [0.1, 0.15) is 45.1 Å². The maximum absolute atomic E-state index is 11.4. The average molecular weight is 274 g/mol. The second-order valence-corrected chi connectivity index (χ2v) is 6.11. The van der Waals surface area contributed by atoms with Gasteiger partial charge in [0.25, 0.3) is 0 Å². The molecule has 20 heavy (non-hydrogen) atoms. The molecule has 110 valence electrons. The molecule has 0 bridgehead atoms. The maximum Gasteiger partial charge on any atom is 0.219 e. The number of rotatable bonds is 6. The molecule has 1 aromatic rings. The number of amides is 1. The molecule has 1 aromatic carbocycles. The molecule has 0 heterocycles. The molecule has 1 fully saturated rings. The van der Waals surface area contributed by atoms with E-state index in [1.807, 2.05) is 13.1 Å². The number of carbonyl (C=O) groups is 1. The molecule has 1 saturated carbocycles. The molecular weight excluding hydrogens is 248 g/mol. The van der Waals surface area contributed by atoms with E-state index < -0.39 is 0 Å². The molecule has 3 nitrogen and oxygen atoms in total. The van der Waals surface area contributed by atoms with Crippen LogP contribution in [0.3, 0.4) is 0 Å². The normalized spacial score (nSPS) is 16.4. The molecule has 1 N–H and O–H groups in total. The van der Waals surface area contributed by atoms with Gasteiger partial charge in [-0.25, -0.2) is 0 Å². The largest absolute Gasteiger partial charge is 0.382 e. The number of para-hydroxylation sites is 1. The van der Waals surface area contributed by atoms with Gasteiger partial charge in [0.2, 0.25) is 5.91 Å². The van der Waals surface area contributed by atoms with Gasteiger partial charge in [-0.2, -0.15) is 0 Å². The van der Waals surface area contributed by atoms with E-state index in [4.69, 9.17) is 0 Å². The predicted octanol–water partition coefficient (Wildman–Crippen LogP) is 3.66. The number of benzene rings is 1. The van der Waals surface area contributed by atoms with E-state index in [-0.39, 0.29) is 5.91 Å². The Hall–Kier alpha value is -1.51. The highest BCUT2D eigenvalue weighted by Gasteiger charge is 2.20. The van der Waals surface area contributed by atoms with Gasteiger partial charge in [0.1, 0.15) is 0 Å². The van der Waals surface area contributed by atoms with Gasteiger partial charge >= 0.3 is 0 Å². The Morgan fingerprint density at radius 1 is 1.40 bits per heavy atom.